The van der Waals surface area contributed by atoms with Gasteiger partial charge in [0.25, 0.3) is 5.56 Å². The van der Waals surface area contributed by atoms with E-state index in [4.69, 9.17) is 0 Å². The maximum Gasteiger partial charge on any atom is 0.265 e. The van der Waals surface area contributed by atoms with Crippen molar-refractivity contribution in [3.05, 3.63) is 100 Å². The molecule has 0 unspecified atom stereocenters. The topological polar surface area (TPSA) is 104 Å². The number of phenolic OH excluding ortho intramolecular Hbond substituents is 1. The third-order valence-corrected chi connectivity index (χ3v) is 5.56. The van der Waals surface area contributed by atoms with Crippen LogP contribution in [0, 0.1) is 0 Å². The Balaban J connectivity index is 1.70. The van der Waals surface area contributed by atoms with E-state index in [1.165, 1.54) is 4.57 Å². The number of aryl methyl sites for hydroxylation is 1. The fraction of sp³-hybridized carbons (Fsp3) is 0.160. The minimum Gasteiger partial charge on any atom is -0.508 e. The molecular formula is C25H23N3O4. The van der Waals surface area contributed by atoms with Gasteiger partial charge in [-0.3, -0.25) is 14.6 Å². The first-order valence-corrected chi connectivity index (χ1v) is 10.2. The predicted molar refractivity (Wildman–Crippen MR) is 122 cm³/mol. The number of carbonyl (C=O) groups excluding carboxylic acids is 1. The minimum atomic E-state index is -0.576. The van der Waals surface area contributed by atoms with Gasteiger partial charge in [0.2, 0.25) is 0 Å². The van der Waals surface area contributed by atoms with Crippen LogP contribution in [-0.4, -0.2) is 25.5 Å². The zero-order valence-electron chi connectivity index (χ0n) is 17.5. The summed E-state index contributed by atoms with van der Waals surface area (Å²) in [5.74, 6) is -0.786. The lowest BCUT2D eigenvalue weighted by Gasteiger charge is -2.20. The molecule has 0 bridgehead atoms. The van der Waals surface area contributed by atoms with Gasteiger partial charge in [-0.05, 0) is 35.9 Å². The molecule has 2 aromatic carbocycles. The average molecular weight is 429 g/mol. The van der Waals surface area contributed by atoms with Crippen LogP contribution < -0.4 is 10.9 Å². The lowest BCUT2D eigenvalue weighted by molar-refractivity contribution is 0.0963. The number of hydrogen-bond acceptors (Lipinski definition) is 6. The van der Waals surface area contributed by atoms with Crippen molar-refractivity contribution in [3.63, 3.8) is 0 Å². The number of aromatic hydroxyl groups is 2. The molecule has 0 spiro atoms. The SMILES string of the molecule is Cn1c(=O)c(C(=O)C[C@H](NCc2ccncc2)c2ccccc2O)c(O)c2ccccc21. The van der Waals surface area contributed by atoms with Gasteiger partial charge in [-0.2, -0.15) is 0 Å². The van der Waals surface area contributed by atoms with E-state index in [2.05, 4.69) is 10.3 Å². The summed E-state index contributed by atoms with van der Waals surface area (Å²) in [5.41, 5.74) is 1.22. The summed E-state index contributed by atoms with van der Waals surface area (Å²) in [6.07, 6.45) is 3.23. The highest BCUT2D eigenvalue weighted by Crippen LogP contribution is 2.31. The van der Waals surface area contributed by atoms with E-state index in [0.29, 0.717) is 23.0 Å². The molecule has 0 saturated heterocycles. The van der Waals surface area contributed by atoms with Crippen LogP contribution in [0.2, 0.25) is 0 Å². The van der Waals surface area contributed by atoms with E-state index in [-0.39, 0.29) is 23.5 Å². The highest BCUT2D eigenvalue weighted by Gasteiger charge is 2.25. The molecule has 7 nitrogen and oxygen atoms in total. The molecule has 4 aromatic rings. The second-order valence-electron chi connectivity index (χ2n) is 7.58. The van der Waals surface area contributed by atoms with Gasteiger partial charge < -0.3 is 20.1 Å². The van der Waals surface area contributed by atoms with Crippen LogP contribution in [0.4, 0.5) is 0 Å². The van der Waals surface area contributed by atoms with Crippen LogP contribution in [0.3, 0.4) is 0 Å². The Morgan fingerprint density at radius 3 is 2.47 bits per heavy atom. The van der Waals surface area contributed by atoms with Crippen LogP contribution in [0.5, 0.6) is 11.5 Å². The molecule has 1 atom stereocenters. The molecule has 7 heteroatoms. The fourth-order valence-electron chi connectivity index (χ4n) is 3.83. The second kappa shape index (κ2) is 9.03. The first-order valence-electron chi connectivity index (χ1n) is 10.2. The number of phenols is 1. The second-order valence-corrected chi connectivity index (χ2v) is 7.58. The molecule has 32 heavy (non-hydrogen) atoms. The number of para-hydroxylation sites is 2. The van der Waals surface area contributed by atoms with Crippen LogP contribution in [0.1, 0.15) is 33.9 Å². The average Bonchev–Trinajstić information content (AvgIpc) is 2.81. The van der Waals surface area contributed by atoms with Crippen molar-refractivity contribution in [2.24, 2.45) is 7.05 Å². The van der Waals surface area contributed by atoms with E-state index < -0.39 is 17.4 Å². The Morgan fingerprint density at radius 1 is 1.03 bits per heavy atom. The van der Waals surface area contributed by atoms with E-state index in [1.54, 1.807) is 68.0 Å². The lowest BCUT2D eigenvalue weighted by atomic mass is 9.96. The van der Waals surface area contributed by atoms with Crippen LogP contribution >= 0.6 is 0 Å². The monoisotopic (exact) mass is 429 g/mol. The third-order valence-electron chi connectivity index (χ3n) is 5.56. The molecule has 0 aliphatic rings. The Hall–Kier alpha value is -3.97. The maximum atomic E-state index is 13.3. The fourth-order valence-corrected chi connectivity index (χ4v) is 3.83. The number of aromatic nitrogens is 2. The molecular weight excluding hydrogens is 406 g/mol. The quantitative estimate of drug-likeness (QED) is 0.389. The Kier molecular flexibility index (Phi) is 6.00. The first-order chi connectivity index (χ1) is 15.5. The molecule has 0 fully saturated rings. The summed E-state index contributed by atoms with van der Waals surface area (Å²) in [6.45, 7) is 0.427. The van der Waals surface area contributed by atoms with Crippen molar-refractivity contribution in [2.75, 3.05) is 0 Å². The summed E-state index contributed by atoms with van der Waals surface area (Å²) in [7, 11) is 1.57. The molecule has 162 valence electrons. The van der Waals surface area contributed by atoms with Crippen molar-refractivity contribution >= 4 is 16.7 Å². The van der Waals surface area contributed by atoms with E-state index in [9.17, 15) is 19.8 Å². The van der Waals surface area contributed by atoms with Crippen molar-refractivity contribution in [3.8, 4) is 11.5 Å². The van der Waals surface area contributed by atoms with Gasteiger partial charge in [0.1, 0.15) is 17.1 Å². The number of ketones is 1. The molecule has 0 amide bonds. The van der Waals surface area contributed by atoms with E-state index >= 15 is 0 Å². The lowest BCUT2D eigenvalue weighted by Crippen LogP contribution is -2.29. The van der Waals surface area contributed by atoms with Crippen LogP contribution in [-0.2, 0) is 13.6 Å². The molecule has 2 aromatic heterocycles. The summed E-state index contributed by atoms with van der Waals surface area (Å²) < 4.78 is 1.36. The molecule has 0 aliphatic heterocycles. The number of benzene rings is 2. The van der Waals surface area contributed by atoms with Crippen LogP contribution in [0.15, 0.2) is 77.9 Å². The van der Waals surface area contributed by atoms with Gasteiger partial charge >= 0.3 is 0 Å². The zero-order valence-corrected chi connectivity index (χ0v) is 17.5. The van der Waals surface area contributed by atoms with Gasteiger partial charge in [0.15, 0.2) is 5.78 Å². The van der Waals surface area contributed by atoms with Crippen molar-refractivity contribution in [1.29, 1.82) is 0 Å². The summed E-state index contributed by atoms with van der Waals surface area (Å²) in [6, 6.07) is 16.8. The molecule has 3 N–H and O–H groups in total. The summed E-state index contributed by atoms with van der Waals surface area (Å²) in [5, 5.41) is 24.9. The summed E-state index contributed by atoms with van der Waals surface area (Å²) in [4.78, 5) is 30.2. The smallest absolute Gasteiger partial charge is 0.265 e. The van der Waals surface area contributed by atoms with Crippen molar-refractivity contribution in [1.82, 2.24) is 14.9 Å². The standard InChI is InChI=1S/C25H23N3O4/c1-28-20-8-4-2-7-18(20)24(31)23(25(28)32)22(30)14-19(17-6-3-5-9-21(17)29)27-15-16-10-12-26-13-11-16/h2-13,19,27,29,31H,14-15H2,1H3/t19-/m0/s1. The number of hydrogen-bond donors (Lipinski definition) is 3. The van der Waals surface area contributed by atoms with Gasteiger partial charge in [-0.15, -0.1) is 0 Å². The molecule has 2 heterocycles. The number of Topliss-reactive ketones (excluding diaryl/α,β-unsaturated/α-hetero) is 1. The number of nitrogens with one attached hydrogen (secondary N) is 1. The third kappa shape index (κ3) is 4.10. The number of nitrogens with zero attached hydrogens (tertiary/aromatic N) is 2. The summed E-state index contributed by atoms with van der Waals surface area (Å²) >= 11 is 0. The van der Waals surface area contributed by atoms with Crippen molar-refractivity contribution < 1.29 is 15.0 Å². The van der Waals surface area contributed by atoms with E-state index in [0.717, 1.165) is 5.56 Å². The molecule has 0 radical (unpaired) electrons. The largest absolute Gasteiger partial charge is 0.508 e. The normalized spacial score (nSPS) is 12.0. The maximum absolute atomic E-state index is 13.3. The number of fused-ring (bicyclic) bond motifs is 1. The van der Waals surface area contributed by atoms with Gasteiger partial charge in [0.05, 0.1) is 5.52 Å². The van der Waals surface area contributed by atoms with Gasteiger partial charge in [-0.1, -0.05) is 30.3 Å². The molecule has 0 saturated carbocycles. The zero-order chi connectivity index (χ0) is 22.7. The number of carbonyl (C=O) groups is 1. The minimum absolute atomic E-state index is 0.0446. The Labute approximate surface area is 184 Å². The predicted octanol–water partition coefficient (Wildman–Crippen LogP) is 3.45. The van der Waals surface area contributed by atoms with Crippen molar-refractivity contribution in [2.45, 2.75) is 19.0 Å². The highest BCUT2D eigenvalue weighted by molar-refractivity contribution is 6.03. The van der Waals surface area contributed by atoms with Crippen LogP contribution in [0.25, 0.3) is 10.9 Å². The first kappa shape index (κ1) is 21.3. The number of rotatable bonds is 7. The Bertz CT molecular complexity index is 1330. The van der Waals surface area contributed by atoms with Gasteiger partial charge in [0, 0.05) is 49.4 Å². The highest BCUT2D eigenvalue weighted by atomic mass is 16.3. The van der Waals surface area contributed by atoms with Gasteiger partial charge in [-0.25, -0.2) is 0 Å². The molecule has 0 aliphatic carbocycles. The van der Waals surface area contributed by atoms with E-state index in [1.807, 2.05) is 12.1 Å². The molecule has 4 rings (SSSR count). The number of pyridine rings is 2. The Morgan fingerprint density at radius 2 is 1.72 bits per heavy atom.